The number of methoxy groups -OCH3 is 1. The van der Waals surface area contributed by atoms with E-state index in [2.05, 4.69) is 21.4 Å². The molecular weight excluding hydrogens is 785 g/mol. The zero-order valence-electron chi connectivity index (χ0n) is 28.3. The molecule has 0 spiro atoms. The fraction of sp³-hybridized carbons (Fsp3) is 0.225. The number of benzene rings is 4. The van der Waals surface area contributed by atoms with Gasteiger partial charge in [-0.1, -0.05) is 41.4 Å². The number of anilines is 2. The summed E-state index contributed by atoms with van der Waals surface area (Å²) in [4.78, 5) is 71.5. The maximum atomic E-state index is 15.3. The average molecular weight is 815 g/mol. The highest BCUT2D eigenvalue weighted by Gasteiger charge is 2.70. The van der Waals surface area contributed by atoms with Crippen molar-refractivity contribution >= 4 is 68.5 Å². The minimum absolute atomic E-state index is 0.00326. The van der Waals surface area contributed by atoms with Gasteiger partial charge in [0.05, 0.1) is 51.7 Å². The average Bonchev–Trinajstić information content (AvgIpc) is 3.54. The number of carbonyl (C=O) groups is 5. The predicted molar refractivity (Wildman–Crippen MR) is 197 cm³/mol. The van der Waals surface area contributed by atoms with Crippen molar-refractivity contribution in [2.24, 2.45) is 23.7 Å². The third-order valence-corrected chi connectivity index (χ3v) is 12.1. The summed E-state index contributed by atoms with van der Waals surface area (Å²) in [6, 6.07) is 20.7. The van der Waals surface area contributed by atoms with Crippen LogP contribution < -0.4 is 15.1 Å². The summed E-state index contributed by atoms with van der Waals surface area (Å²) in [6.45, 7) is 0. The van der Waals surface area contributed by atoms with Crippen LogP contribution in [0.2, 0.25) is 5.02 Å². The number of ether oxygens (including phenoxy) is 1. The molecule has 2 aliphatic carbocycles. The highest BCUT2D eigenvalue weighted by atomic mass is 79.9. The lowest BCUT2D eigenvalue weighted by molar-refractivity contribution is -0.138. The zero-order valence-corrected chi connectivity index (χ0v) is 30.7. The van der Waals surface area contributed by atoms with Gasteiger partial charge >= 0.3 is 5.97 Å². The van der Waals surface area contributed by atoms with Gasteiger partial charge < -0.3 is 14.9 Å². The first kappa shape index (κ1) is 35.5. The van der Waals surface area contributed by atoms with Gasteiger partial charge in [-0.3, -0.25) is 29.5 Å². The Morgan fingerprint density at radius 1 is 0.963 bits per heavy atom. The fourth-order valence-corrected chi connectivity index (χ4v) is 9.56. The molecule has 274 valence electrons. The maximum absolute atomic E-state index is 15.3. The zero-order chi connectivity index (χ0) is 38.2. The molecule has 0 aromatic heterocycles. The van der Waals surface area contributed by atoms with Crippen molar-refractivity contribution in [1.82, 2.24) is 5.01 Å². The number of halogens is 3. The van der Waals surface area contributed by atoms with Crippen molar-refractivity contribution < 1.29 is 43.3 Å². The van der Waals surface area contributed by atoms with Gasteiger partial charge in [0.15, 0.2) is 11.5 Å². The monoisotopic (exact) mass is 813 g/mol. The summed E-state index contributed by atoms with van der Waals surface area (Å²) < 4.78 is 19.7. The van der Waals surface area contributed by atoms with Crippen LogP contribution in [0, 0.1) is 29.5 Å². The molecule has 4 aromatic carbocycles. The van der Waals surface area contributed by atoms with Gasteiger partial charge in [0.2, 0.25) is 11.8 Å². The molecule has 3 N–H and O–H groups in total. The Bertz CT molecular complexity index is 2320. The van der Waals surface area contributed by atoms with Crippen molar-refractivity contribution in [3.05, 3.63) is 129 Å². The third kappa shape index (κ3) is 5.24. The van der Waals surface area contributed by atoms with Crippen molar-refractivity contribution in [3.8, 4) is 11.5 Å². The molecule has 0 radical (unpaired) electrons. The van der Waals surface area contributed by atoms with E-state index in [1.807, 2.05) is 6.08 Å². The number of hydrogen-bond acceptors (Lipinski definition) is 8. The minimum Gasteiger partial charge on any atom is -0.503 e. The van der Waals surface area contributed by atoms with Crippen molar-refractivity contribution in [3.63, 3.8) is 0 Å². The Morgan fingerprint density at radius 3 is 2.37 bits per heavy atom. The van der Waals surface area contributed by atoms with Crippen LogP contribution in [-0.2, 0) is 24.6 Å². The van der Waals surface area contributed by atoms with E-state index < -0.39 is 70.4 Å². The molecule has 1 saturated carbocycles. The number of imide groups is 2. The molecule has 14 heteroatoms. The minimum atomic E-state index is -1.65. The molecule has 4 aromatic rings. The first-order chi connectivity index (χ1) is 25.9. The molecular formula is C40H30BrClFN3O8. The number of rotatable bonds is 7. The molecule has 6 atom stereocenters. The quantitative estimate of drug-likeness (QED) is 0.134. The van der Waals surface area contributed by atoms with E-state index in [1.165, 1.54) is 55.6 Å². The lowest BCUT2D eigenvalue weighted by atomic mass is 9.49. The largest absolute Gasteiger partial charge is 0.503 e. The van der Waals surface area contributed by atoms with Gasteiger partial charge in [0, 0.05) is 10.9 Å². The Hall–Kier alpha value is -5.53. The Balaban J connectivity index is 1.34. The number of hydrazine groups is 1. The van der Waals surface area contributed by atoms with E-state index in [-0.39, 0.29) is 45.8 Å². The molecule has 54 heavy (non-hydrogen) atoms. The second-order valence-electron chi connectivity index (χ2n) is 13.8. The molecule has 8 rings (SSSR count). The molecule has 2 heterocycles. The number of carboxylic acids is 1. The predicted octanol–water partition coefficient (Wildman–Crippen LogP) is 6.84. The molecule has 2 saturated heterocycles. The smallest absolute Gasteiger partial charge is 0.335 e. The highest BCUT2D eigenvalue weighted by molar-refractivity contribution is 9.10. The fourth-order valence-electron chi connectivity index (χ4n) is 8.98. The number of nitrogens with zero attached hydrogens (tertiary/aromatic N) is 2. The molecule has 6 unspecified atom stereocenters. The van der Waals surface area contributed by atoms with E-state index in [9.17, 15) is 33.8 Å². The molecule has 4 aliphatic rings. The second kappa shape index (κ2) is 13.1. The lowest BCUT2D eigenvalue weighted by Crippen LogP contribution is -2.53. The van der Waals surface area contributed by atoms with Crippen LogP contribution in [0.15, 0.2) is 101 Å². The number of carboxylic acid groups (broad SMARTS) is 1. The summed E-state index contributed by atoms with van der Waals surface area (Å²) in [5.74, 6) is -8.59. The standard InChI is InChI=1S/C40H30BrClFN3O8/c1-54-31-17-20(16-30(41)34(31)47)33-26-13-14-27-32(37(50)45(35(27)48)25-4-2-3-19(15-25)38(51)52)28(26)18-29-36(49)46(44-24-11-9-23(43)10-12-24)39(53)40(29,33)21-5-7-22(42)8-6-21/h2-13,15-17,27-29,32-33,44,47H,14,18H2,1H3,(H,51,52). The molecule has 0 bridgehead atoms. The van der Waals surface area contributed by atoms with E-state index >= 15 is 4.79 Å². The third-order valence-electron chi connectivity index (χ3n) is 11.2. The molecule has 4 amide bonds. The van der Waals surface area contributed by atoms with E-state index in [0.717, 1.165) is 9.91 Å². The Kier molecular flexibility index (Phi) is 8.61. The number of allylic oxidation sites excluding steroid dienone is 2. The van der Waals surface area contributed by atoms with Gasteiger partial charge in [-0.2, -0.15) is 5.01 Å². The number of phenols is 1. The van der Waals surface area contributed by atoms with Crippen molar-refractivity contribution in [1.29, 1.82) is 0 Å². The van der Waals surface area contributed by atoms with Gasteiger partial charge in [-0.05, 0) is 113 Å². The second-order valence-corrected chi connectivity index (χ2v) is 15.1. The summed E-state index contributed by atoms with van der Waals surface area (Å²) in [5, 5.41) is 21.8. The highest BCUT2D eigenvalue weighted by Crippen LogP contribution is 2.65. The van der Waals surface area contributed by atoms with Gasteiger partial charge in [0.1, 0.15) is 5.82 Å². The molecule has 3 fully saturated rings. The topological polar surface area (TPSA) is 154 Å². The SMILES string of the molecule is COc1cc(C2C3=CCC4C(=O)N(c5cccc(C(=O)O)c5)C(=O)C4C3CC3C(=O)N(Nc4ccc(F)cc4)C(=O)C32c2ccc(Cl)cc2)cc(Br)c1O. The number of aromatic hydroxyl groups is 1. The van der Waals surface area contributed by atoms with Gasteiger partial charge in [0.25, 0.3) is 11.8 Å². The van der Waals surface area contributed by atoms with E-state index in [0.29, 0.717) is 21.7 Å². The summed E-state index contributed by atoms with van der Waals surface area (Å²) in [7, 11) is 1.38. The number of phenolic OH excluding ortho intramolecular Hbond substituents is 1. The normalized spacial score (nSPS) is 25.9. The number of carbonyl (C=O) groups excluding carboxylic acids is 4. The first-order valence-corrected chi connectivity index (χ1v) is 18.2. The summed E-state index contributed by atoms with van der Waals surface area (Å²) >= 11 is 9.79. The summed E-state index contributed by atoms with van der Waals surface area (Å²) in [5.41, 5.74) is 3.16. The summed E-state index contributed by atoms with van der Waals surface area (Å²) in [6.07, 6.45) is 1.99. The van der Waals surface area contributed by atoms with Crippen LogP contribution in [0.4, 0.5) is 15.8 Å². The van der Waals surface area contributed by atoms with Gasteiger partial charge in [-0.25, -0.2) is 9.18 Å². The number of amides is 4. The van der Waals surface area contributed by atoms with Crippen LogP contribution in [0.3, 0.4) is 0 Å². The molecule has 2 aliphatic heterocycles. The number of nitrogens with one attached hydrogen (secondary N) is 1. The number of hydrogen-bond donors (Lipinski definition) is 3. The van der Waals surface area contributed by atoms with Crippen LogP contribution in [-0.4, -0.2) is 51.9 Å². The van der Waals surface area contributed by atoms with Crippen molar-refractivity contribution in [2.45, 2.75) is 24.2 Å². The van der Waals surface area contributed by atoms with Crippen LogP contribution in [0.5, 0.6) is 11.5 Å². The lowest BCUT2D eigenvalue weighted by Gasteiger charge is -2.50. The molecule has 11 nitrogen and oxygen atoms in total. The number of fused-ring (bicyclic) bond motifs is 4. The maximum Gasteiger partial charge on any atom is 0.335 e. The Morgan fingerprint density at radius 2 is 1.69 bits per heavy atom. The van der Waals surface area contributed by atoms with Crippen molar-refractivity contribution in [2.75, 3.05) is 17.4 Å². The van der Waals surface area contributed by atoms with Gasteiger partial charge in [-0.15, -0.1) is 0 Å². The first-order valence-electron chi connectivity index (χ1n) is 17.0. The van der Waals surface area contributed by atoms with Crippen LogP contribution in [0.1, 0.15) is 40.2 Å². The number of aromatic carboxylic acids is 1. The van der Waals surface area contributed by atoms with E-state index in [4.69, 9.17) is 16.3 Å². The van der Waals surface area contributed by atoms with Crippen LogP contribution in [0.25, 0.3) is 0 Å². The van der Waals surface area contributed by atoms with Crippen LogP contribution >= 0.6 is 27.5 Å². The Labute approximate surface area is 321 Å². The van der Waals surface area contributed by atoms with E-state index in [1.54, 1.807) is 36.4 Å².